The molecule has 1 atom stereocenters. The summed E-state index contributed by atoms with van der Waals surface area (Å²) in [6, 6.07) is 5.11. The van der Waals surface area contributed by atoms with Crippen LogP contribution in [-0.4, -0.2) is 39.0 Å². The smallest absolute Gasteiger partial charge is 0.321 e. The number of carbonyl (C=O) groups is 1. The average molecular weight is 333 g/mol. The number of carbonyl (C=O) groups excluding carboxylic acids is 1. The molecule has 0 saturated carbocycles. The number of rotatable bonds is 2. The number of aromatic nitrogens is 3. The third-order valence-corrected chi connectivity index (χ3v) is 4.12. The van der Waals surface area contributed by atoms with Gasteiger partial charge in [0, 0.05) is 31.4 Å². The Kier molecular flexibility index (Phi) is 4.57. The Hall–Kier alpha value is -2.41. The summed E-state index contributed by atoms with van der Waals surface area (Å²) < 4.78 is 0. The number of amides is 2. The number of halogens is 1. The van der Waals surface area contributed by atoms with Crippen LogP contribution in [0.4, 0.5) is 16.4 Å². The maximum absolute atomic E-state index is 12.4. The summed E-state index contributed by atoms with van der Waals surface area (Å²) in [5, 5.41) is 3.07. The fourth-order valence-corrected chi connectivity index (χ4v) is 2.86. The minimum atomic E-state index is -0.188. The van der Waals surface area contributed by atoms with Gasteiger partial charge in [0.05, 0.1) is 11.4 Å². The fourth-order valence-electron chi connectivity index (χ4n) is 2.69. The highest BCUT2D eigenvalue weighted by atomic mass is 35.5. The zero-order valence-electron chi connectivity index (χ0n) is 12.4. The molecule has 0 aromatic carbocycles. The third kappa shape index (κ3) is 3.68. The second-order valence-electron chi connectivity index (χ2n) is 5.40. The van der Waals surface area contributed by atoms with Gasteiger partial charge < -0.3 is 16.0 Å². The van der Waals surface area contributed by atoms with Crippen molar-refractivity contribution < 1.29 is 4.79 Å². The van der Waals surface area contributed by atoms with E-state index >= 15 is 0 Å². The number of nitrogens with two attached hydrogens (primary N) is 1. The van der Waals surface area contributed by atoms with Crippen LogP contribution < -0.4 is 11.1 Å². The number of nitrogens with zero attached hydrogens (tertiary/aromatic N) is 4. The second kappa shape index (κ2) is 6.78. The SMILES string of the molecule is Nc1nccc(C2CCCN(C(=O)Nc3cccnc3Cl)C2)n1. The minimum absolute atomic E-state index is 0.157. The first-order valence-corrected chi connectivity index (χ1v) is 7.76. The van der Waals surface area contributed by atoms with Crippen LogP contribution in [0.15, 0.2) is 30.6 Å². The number of pyridine rings is 1. The molecule has 3 N–H and O–H groups in total. The van der Waals surface area contributed by atoms with E-state index in [0.29, 0.717) is 18.8 Å². The Labute approximate surface area is 138 Å². The van der Waals surface area contributed by atoms with E-state index in [2.05, 4.69) is 20.3 Å². The van der Waals surface area contributed by atoms with Gasteiger partial charge in [-0.05, 0) is 31.0 Å². The summed E-state index contributed by atoms with van der Waals surface area (Å²) in [6.07, 6.45) is 5.09. The molecule has 0 radical (unpaired) electrons. The van der Waals surface area contributed by atoms with Gasteiger partial charge in [0.1, 0.15) is 0 Å². The summed E-state index contributed by atoms with van der Waals surface area (Å²) in [4.78, 5) is 26.3. The van der Waals surface area contributed by atoms with Gasteiger partial charge in [-0.2, -0.15) is 0 Å². The quantitative estimate of drug-likeness (QED) is 0.823. The molecule has 1 fully saturated rings. The van der Waals surface area contributed by atoms with Gasteiger partial charge in [-0.25, -0.2) is 19.7 Å². The highest BCUT2D eigenvalue weighted by Crippen LogP contribution is 2.26. The molecule has 7 nitrogen and oxygen atoms in total. The molecule has 8 heteroatoms. The van der Waals surface area contributed by atoms with E-state index in [4.69, 9.17) is 17.3 Å². The van der Waals surface area contributed by atoms with Crippen LogP contribution in [0.5, 0.6) is 0 Å². The molecule has 1 saturated heterocycles. The van der Waals surface area contributed by atoms with Crippen LogP contribution >= 0.6 is 11.6 Å². The standard InChI is InChI=1S/C15H17ClN6O/c16-13-12(4-1-6-18-13)21-15(23)22-8-2-3-10(9-22)11-5-7-19-14(17)20-11/h1,4-7,10H,2-3,8-9H2,(H,21,23)(H2,17,19,20). The van der Waals surface area contributed by atoms with Crippen LogP contribution in [0.1, 0.15) is 24.5 Å². The monoisotopic (exact) mass is 332 g/mol. The predicted octanol–water partition coefficient (Wildman–Crippen LogP) is 2.52. The molecule has 2 amide bonds. The Morgan fingerprint density at radius 1 is 1.35 bits per heavy atom. The van der Waals surface area contributed by atoms with Gasteiger partial charge in [0.25, 0.3) is 0 Å². The van der Waals surface area contributed by atoms with Crippen LogP contribution in [-0.2, 0) is 0 Å². The largest absolute Gasteiger partial charge is 0.368 e. The first-order valence-electron chi connectivity index (χ1n) is 7.38. The van der Waals surface area contributed by atoms with Gasteiger partial charge >= 0.3 is 6.03 Å². The third-order valence-electron chi connectivity index (χ3n) is 3.82. The molecule has 1 aliphatic heterocycles. The lowest BCUT2D eigenvalue weighted by Crippen LogP contribution is -2.41. The van der Waals surface area contributed by atoms with E-state index in [0.717, 1.165) is 18.5 Å². The lowest BCUT2D eigenvalue weighted by molar-refractivity contribution is 0.192. The van der Waals surface area contributed by atoms with Crippen molar-refractivity contribution in [1.29, 1.82) is 0 Å². The van der Waals surface area contributed by atoms with E-state index in [1.807, 2.05) is 6.07 Å². The van der Waals surface area contributed by atoms with Crippen molar-refractivity contribution in [3.8, 4) is 0 Å². The number of nitrogens with one attached hydrogen (secondary N) is 1. The Bertz CT molecular complexity index is 710. The van der Waals surface area contributed by atoms with E-state index in [-0.39, 0.29) is 23.1 Å². The first-order chi connectivity index (χ1) is 11.1. The van der Waals surface area contributed by atoms with Crippen molar-refractivity contribution in [2.24, 2.45) is 0 Å². The van der Waals surface area contributed by atoms with Crippen molar-refractivity contribution in [3.05, 3.63) is 41.4 Å². The number of likely N-dealkylation sites (tertiary alicyclic amines) is 1. The summed E-state index contributed by atoms with van der Waals surface area (Å²) >= 11 is 5.97. The lowest BCUT2D eigenvalue weighted by Gasteiger charge is -2.32. The number of nitrogen functional groups attached to an aromatic ring is 1. The van der Waals surface area contributed by atoms with Gasteiger partial charge in [-0.15, -0.1) is 0 Å². The highest BCUT2D eigenvalue weighted by molar-refractivity contribution is 6.32. The molecule has 3 rings (SSSR count). The Balaban J connectivity index is 1.68. The molecule has 0 aliphatic carbocycles. The first kappa shape index (κ1) is 15.5. The van der Waals surface area contributed by atoms with Crippen molar-refractivity contribution in [3.63, 3.8) is 0 Å². The molecule has 1 unspecified atom stereocenters. The molecular formula is C15H17ClN6O. The zero-order chi connectivity index (χ0) is 16.2. The van der Waals surface area contributed by atoms with Gasteiger partial charge in [0.15, 0.2) is 5.15 Å². The number of anilines is 2. The van der Waals surface area contributed by atoms with Crippen molar-refractivity contribution in [2.45, 2.75) is 18.8 Å². The topological polar surface area (TPSA) is 97.0 Å². The molecule has 0 spiro atoms. The van der Waals surface area contributed by atoms with Crippen molar-refractivity contribution in [1.82, 2.24) is 19.9 Å². The summed E-state index contributed by atoms with van der Waals surface area (Å²) in [6.45, 7) is 1.28. The Morgan fingerprint density at radius 2 is 2.22 bits per heavy atom. The number of hydrogen-bond donors (Lipinski definition) is 2. The maximum Gasteiger partial charge on any atom is 0.321 e. The number of hydrogen-bond acceptors (Lipinski definition) is 5. The molecule has 23 heavy (non-hydrogen) atoms. The van der Waals surface area contributed by atoms with Crippen LogP contribution in [0.25, 0.3) is 0 Å². The molecular weight excluding hydrogens is 316 g/mol. The summed E-state index contributed by atoms with van der Waals surface area (Å²) in [5.74, 6) is 0.412. The van der Waals surface area contributed by atoms with Gasteiger partial charge in [-0.1, -0.05) is 11.6 Å². The normalized spacial score (nSPS) is 17.8. The summed E-state index contributed by atoms with van der Waals surface area (Å²) in [5.41, 5.74) is 7.02. The molecule has 2 aromatic rings. The highest BCUT2D eigenvalue weighted by Gasteiger charge is 2.26. The van der Waals surface area contributed by atoms with Crippen molar-refractivity contribution in [2.75, 3.05) is 24.1 Å². The van der Waals surface area contributed by atoms with Gasteiger partial charge in [-0.3, -0.25) is 0 Å². The van der Waals surface area contributed by atoms with Crippen molar-refractivity contribution >= 4 is 29.3 Å². The van der Waals surface area contributed by atoms with E-state index in [1.54, 1.807) is 29.4 Å². The van der Waals surface area contributed by atoms with Gasteiger partial charge in [0.2, 0.25) is 5.95 Å². The van der Waals surface area contributed by atoms with E-state index in [9.17, 15) is 4.79 Å². The number of piperidine rings is 1. The lowest BCUT2D eigenvalue weighted by atomic mass is 9.95. The van der Waals surface area contributed by atoms with Crippen LogP contribution in [0, 0.1) is 0 Å². The predicted molar refractivity (Wildman–Crippen MR) is 88.3 cm³/mol. The Morgan fingerprint density at radius 3 is 3.00 bits per heavy atom. The van der Waals surface area contributed by atoms with Crippen LogP contribution in [0.2, 0.25) is 5.15 Å². The van der Waals surface area contributed by atoms with Crippen LogP contribution in [0.3, 0.4) is 0 Å². The molecule has 1 aliphatic rings. The average Bonchev–Trinajstić information content (AvgIpc) is 2.57. The summed E-state index contributed by atoms with van der Waals surface area (Å²) in [7, 11) is 0. The zero-order valence-corrected chi connectivity index (χ0v) is 13.2. The molecule has 3 heterocycles. The number of urea groups is 1. The fraction of sp³-hybridized carbons (Fsp3) is 0.333. The van der Waals surface area contributed by atoms with E-state index in [1.165, 1.54) is 0 Å². The van der Waals surface area contributed by atoms with E-state index < -0.39 is 0 Å². The molecule has 2 aromatic heterocycles. The molecule has 0 bridgehead atoms. The minimum Gasteiger partial charge on any atom is -0.368 e. The molecule has 120 valence electrons. The second-order valence-corrected chi connectivity index (χ2v) is 5.75. The maximum atomic E-state index is 12.4.